The average Bonchev–Trinajstić information content (AvgIpc) is 3.15. The Labute approximate surface area is 195 Å². The predicted octanol–water partition coefficient (Wildman–Crippen LogP) is 3.53. The molecule has 33 heavy (non-hydrogen) atoms. The van der Waals surface area contributed by atoms with Crippen molar-refractivity contribution in [2.24, 2.45) is 0 Å². The first-order chi connectivity index (χ1) is 15.8. The van der Waals surface area contributed by atoms with Crippen LogP contribution in [0.5, 0.6) is 0 Å². The Bertz CT molecular complexity index is 1190. The lowest BCUT2D eigenvalue weighted by molar-refractivity contribution is -0.116. The minimum absolute atomic E-state index is 0.0584. The van der Waals surface area contributed by atoms with Gasteiger partial charge >= 0.3 is 5.97 Å². The molecular formula is C23H25N5O4S. The summed E-state index contributed by atoms with van der Waals surface area (Å²) in [4.78, 5) is 35.9. The first-order valence-electron chi connectivity index (χ1n) is 10.3. The molecule has 0 atom stereocenters. The van der Waals surface area contributed by atoms with E-state index in [1.807, 2.05) is 39.0 Å². The zero-order valence-electron chi connectivity index (χ0n) is 18.6. The maximum absolute atomic E-state index is 12.5. The highest BCUT2D eigenvalue weighted by atomic mass is 32.2. The van der Waals surface area contributed by atoms with Crippen LogP contribution in [-0.4, -0.2) is 43.4 Å². The lowest BCUT2D eigenvalue weighted by Gasteiger charge is -2.10. The number of carboxylic acid groups (broad SMARTS) is 1. The molecule has 0 saturated carbocycles. The highest BCUT2D eigenvalue weighted by Gasteiger charge is 2.17. The molecule has 0 spiro atoms. The van der Waals surface area contributed by atoms with E-state index in [0.29, 0.717) is 23.2 Å². The third-order valence-corrected chi connectivity index (χ3v) is 5.78. The number of aromatic nitrogens is 3. The number of benzene rings is 2. The van der Waals surface area contributed by atoms with Gasteiger partial charge in [-0.3, -0.25) is 9.59 Å². The summed E-state index contributed by atoms with van der Waals surface area (Å²) in [7, 11) is 0. The second-order valence-corrected chi connectivity index (χ2v) is 8.35. The fourth-order valence-electron chi connectivity index (χ4n) is 3.22. The van der Waals surface area contributed by atoms with Gasteiger partial charge in [0, 0.05) is 17.9 Å². The number of carboxylic acids is 1. The van der Waals surface area contributed by atoms with Gasteiger partial charge in [0.15, 0.2) is 5.16 Å². The molecule has 172 valence electrons. The van der Waals surface area contributed by atoms with Gasteiger partial charge in [0.2, 0.25) is 11.8 Å². The van der Waals surface area contributed by atoms with Gasteiger partial charge in [-0.1, -0.05) is 35.5 Å². The van der Waals surface area contributed by atoms with Crippen LogP contribution in [0.15, 0.2) is 47.6 Å². The molecule has 3 aromatic rings. The minimum Gasteiger partial charge on any atom is -0.478 e. The van der Waals surface area contributed by atoms with Crippen LogP contribution in [0.2, 0.25) is 0 Å². The lowest BCUT2D eigenvalue weighted by Crippen LogP contribution is -2.18. The molecule has 0 unspecified atom stereocenters. The summed E-state index contributed by atoms with van der Waals surface area (Å²) in [6.07, 6.45) is 0.0584. The molecule has 1 heterocycles. The highest BCUT2D eigenvalue weighted by Crippen LogP contribution is 2.20. The Morgan fingerprint density at radius 2 is 1.82 bits per heavy atom. The van der Waals surface area contributed by atoms with Crippen molar-refractivity contribution in [3.8, 4) is 0 Å². The van der Waals surface area contributed by atoms with E-state index in [-0.39, 0.29) is 29.6 Å². The second kappa shape index (κ2) is 10.8. The number of carbonyl (C=O) groups excluding carboxylic acids is 2. The van der Waals surface area contributed by atoms with Crippen LogP contribution in [0.25, 0.3) is 0 Å². The summed E-state index contributed by atoms with van der Waals surface area (Å²) in [5.74, 6) is -0.995. The topological polar surface area (TPSA) is 126 Å². The van der Waals surface area contributed by atoms with Gasteiger partial charge in [-0.05, 0) is 50.6 Å². The molecule has 3 N–H and O–H groups in total. The SMILES string of the molecule is CCn1c(CC(=O)Nc2ccc(C)cc2C)nnc1SCC(=O)Nc1cccc(C(=O)O)c1. The number of rotatable bonds is 9. The van der Waals surface area contributed by atoms with E-state index in [1.165, 1.54) is 23.9 Å². The third kappa shape index (κ3) is 6.42. The van der Waals surface area contributed by atoms with Gasteiger partial charge in [0.25, 0.3) is 0 Å². The average molecular weight is 468 g/mol. The Balaban J connectivity index is 1.59. The summed E-state index contributed by atoms with van der Waals surface area (Å²) >= 11 is 1.19. The van der Waals surface area contributed by atoms with Crippen molar-refractivity contribution < 1.29 is 19.5 Å². The van der Waals surface area contributed by atoms with E-state index in [9.17, 15) is 14.4 Å². The van der Waals surface area contributed by atoms with Gasteiger partial charge in [0.05, 0.1) is 17.7 Å². The standard InChI is InChI=1S/C23H25N5O4S/c1-4-28-19(12-20(29)25-18-9-8-14(2)10-15(18)3)26-27-23(28)33-13-21(30)24-17-7-5-6-16(11-17)22(31)32/h5-11H,4,12-13H2,1-3H3,(H,24,30)(H,25,29)(H,31,32). The maximum Gasteiger partial charge on any atom is 0.335 e. The van der Waals surface area contributed by atoms with E-state index in [2.05, 4.69) is 20.8 Å². The van der Waals surface area contributed by atoms with Crippen molar-refractivity contribution in [3.63, 3.8) is 0 Å². The van der Waals surface area contributed by atoms with E-state index in [0.717, 1.165) is 16.8 Å². The largest absolute Gasteiger partial charge is 0.478 e. The second-order valence-electron chi connectivity index (χ2n) is 7.41. The van der Waals surface area contributed by atoms with E-state index in [1.54, 1.807) is 16.7 Å². The number of aromatic carboxylic acids is 1. The van der Waals surface area contributed by atoms with E-state index >= 15 is 0 Å². The molecule has 0 saturated heterocycles. The molecule has 3 rings (SSSR count). The molecule has 2 aromatic carbocycles. The molecule has 10 heteroatoms. The Morgan fingerprint density at radius 3 is 2.52 bits per heavy atom. The summed E-state index contributed by atoms with van der Waals surface area (Å²) in [5.41, 5.74) is 3.36. The molecule has 0 aliphatic rings. The summed E-state index contributed by atoms with van der Waals surface area (Å²) < 4.78 is 1.80. The number of carbonyl (C=O) groups is 3. The smallest absolute Gasteiger partial charge is 0.335 e. The highest BCUT2D eigenvalue weighted by molar-refractivity contribution is 7.99. The minimum atomic E-state index is -1.06. The molecule has 0 bridgehead atoms. The fourth-order valence-corrected chi connectivity index (χ4v) is 4.04. The lowest BCUT2D eigenvalue weighted by atomic mass is 10.1. The zero-order chi connectivity index (χ0) is 24.0. The van der Waals surface area contributed by atoms with E-state index < -0.39 is 5.97 Å². The van der Waals surface area contributed by atoms with Crippen LogP contribution in [0.3, 0.4) is 0 Å². The monoisotopic (exact) mass is 467 g/mol. The van der Waals surface area contributed by atoms with Gasteiger partial charge in [-0.2, -0.15) is 0 Å². The first kappa shape index (κ1) is 24.0. The molecule has 1 aromatic heterocycles. The van der Waals surface area contributed by atoms with Crippen LogP contribution in [-0.2, 0) is 22.6 Å². The zero-order valence-corrected chi connectivity index (χ0v) is 19.4. The third-order valence-electron chi connectivity index (χ3n) is 4.81. The molecule has 0 fully saturated rings. The first-order valence-corrected chi connectivity index (χ1v) is 11.3. The van der Waals surface area contributed by atoms with Crippen LogP contribution in [0.1, 0.15) is 34.2 Å². The number of amides is 2. The number of nitrogens with zero attached hydrogens (tertiary/aromatic N) is 3. The van der Waals surface area contributed by atoms with Crippen LogP contribution < -0.4 is 10.6 Å². The normalized spacial score (nSPS) is 10.6. The number of anilines is 2. The van der Waals surface area contributed by atoms with Crippen molar-refractivity contribution >= 4 is 40.9 Å². The maximum atomic E-state index is 12.5. The number of nitrogens with one attached hydrogen (secondary N) is 2. The van der Waals surface area contributed by atoms with E-state index in [4.69, 9.17) is 5.11 Å². The molecule has 0 aliphatic carbocycles. The van der Waals surface area contributed by atoms with Crippen molar-refractivity contribution in [1.82, 2.24) is 14.8 Å². The van der Waals surface area contributed by atoms with Crippen molar-refractivity contribution in [2.75, 3.05) is 16.4 Å². The molecule has 9 nitrogen and oxygen atoms in total. The Hall–Kier alpha value is -3.66. The van der Waals surface area contributed by atoms with Gasteiger partial charge in [-0.15, -0.1) is 10.2 Å². The van der Waals surface area contributed by atoms with Crippen molar-refractivity contribution in [1.29, 1.82) is 0 Å². The van der Waals surface area contributed by atoms with Crippen molar-refractivity contribution in [2.45, 2.75) is 38.9 Å². The van der Waals surface area contributed by atoms with Crippen LogP contribution in [0.4, 0.5) is 11.4 Å². The molecule has 0 radical (unpaired) electrons. The van der Waals surface area contributed by atoms with Gasteiger partial charge in [0.1, 0.15) is 5.82 Å². The van der Waals surface area contributed by atoms with Gasteiger partial charge < -0.3 is 20.3 Å². The Morgan fingerprint density at radius 1 is 1.03 bits per heavy atom. The number of hydrogen-bond donors (Lipinski definition) is 3. The number of aryl methyl sites for hydroxylation is 2. The number of hydrogen-bond acceptors (Lipinski definition) is 6. The van der Waals surface area contributed by atoms with Gasteiger partial charge in [-0.25, -0.2) is 4.79 Å². The summed E-state index contributed by atoms with van der Waals surface area (Å²) in [6.45, 7) is 6.39. The van der Waals surface area contributed by atoms with Crippen molar-refractivity contribution in [3.05, 3.63) is 65.0 Å². The number of thioether (sulfide) groups is 1. The quantitative estimate of drug-likeness (QED) is 0.411. The molecule has 2 amide bonds. The summed E-state index contributed by atoms with van der Waals surface area (Å²) in [5, 5.41) is 23.4. The van der Waals surface area contributed by atoms with Crippen LogP contribution >= 0.6 is 11.8 Å². The van der Waals surface area contributed by atoms with Crippen LogP contribution in [0, 0.1) is 13.8 Å². The summed E-state index contributed by atoms with van der Waals surface area (Å²) in [6, 6.07) is 11.8. The molecule has 0 aliphatic heterocycles. The fraction of sp³-hybridized carbons (Fsp3) is 0.261. The Kier molecular flexibility index (Phi) is 7.83. The predicted molar refractivity (Wildman–Crippen MR) is 127 cm³/mol. The molecular weight excluding hydrogens is 442 g/mol.